The van der Waals surface area contributed by atoms with Crippen molar-refractivity contribution in [3.63, 3.8) is 0 Å². The first-order valence-corrected chi connectivity index (χ1v) is 11.3. The SMILES string of the molecule is Cn1c(NC(=O)C2CCN(S(=O)(=O)c3ccc(F)cc3)CC2)nc2cc(Cl)ccc21. The van der Waals surface area contributed by atoms with E-state index in [-0.39, 0.29) is 29.8 Å². The maximum absolute atomic E-state index is 13.1. The van der Waals surface area contributed by atoms with Crippen LogP contribution in [0.25, 0.3) is 11.0 Å². The van der Waals surface area contributed by atoms with Crippen LogP contribution in [0.15, 0.2) is 47.4 Å². The summed E-state index contributed by atoms with van der Waals surface area (Å²) in [5, 5.41) is 3.40. The first kappa shape index (κ1) is 20.8. The highest BCUT2D eigenvalue weighted by Gasteiger charge is 2.32. The minimum absolute atomic E-state index is 0.0464. The molecule has 3 aromatic rings. The normalized spacial score (nSPS) is 16.1. The Morgan fingerprint density at radius 1 is 1.17 bits per heavy atom. The highest BCUT2D eigenvalue weighted by Crippen LogP contribution is 2.26. The first-order valence-electron chi connectivity index (χ1n) is 9.44. The van der Waals surface area contributed by atoms with Gasteiger partial charge in [0.1, 0.15) is 5.82 Å². The molecule has 2 aromatic carbocycles. The van der Waals surface area contributed by atoms with Crippen molar-refractivity contribution in [3.05, 3.63) is 53.3 Å². The van der Waals surface area contributed by atoms with Crippen LogP contribution >= 0.6 is 11.6 Å². The lowest BCUT2D eigenvalue weighted by molar-refractivity contribution is -0.121. The fraction of sp³-hybridized carbons (Fsp3) is 0.300. The average Bonchev–Trinajstić information content (AvgIpc) is 3.03. The molecule has 158 valence electrons. The average molecular weight is 451 g/mol. The van der Waals surface area contributed by atoms with Crippen LogP contribution in [0.4, 0.5) is 10.3 Å². The lowest BCUT2D eigenvalue weighted by Crippen LogP contribution is -2.41. The molecule has 0 bridgehead atoms. The molecular formula is C20H20ClFN4O3S. The van der Waals surface area contributed by atoms with Crippen molar-refractivity contribution in [3.8, 4) is 0 Å². The molecule has 10 heteroatoms. The monoisotopic (exact) mass is 450 g/mol. The molecule has 0 atom stereocenters. The second-order valence-electron chi connectivity index (χ2n) is 7.25. The minimum atomic E-state index is -3.71. The Hall–Kier alpha value is -2.49. The van der Waals surface area contributed by atoms with Gasteiger partial charge in [-0.2, -0.15) is 4.31 Å². The maximum atomic E-state index is 13.1. The molecule has 4 rings (SSSR count). The number of amides is 1. The number of aromatic nitrogens is 2. The molecule has 0 radical (unpaired) electrons. The highest BCUT2D eigenvalue weighted by molar-refractivity contribution is 7.89. The summed E-state index contributed by atoms with van der Waals surface area (Å²) in [5.41, 5.74) is 1.52. The standard InChI is InChI=1S/C20H20ClFN4O3S/c1-25-18-7-2-14(21)12-17(18)23-20(25)24-19(27)13-8-10-26(11-9-13)30(28,29)16-5-3-15(22)4-6-16/h2-7,12-13H,8-11H2,1H3,(H,23,24,27). The van der Waals surface area contributed by atoms with Crippen LogP contribution < -0.4 is 5.32 Å². The maximum Gasteiger partial charge on any atom is 0.243 e. The predicted octanol–water partition coefficient (Wildman–Crippen LogP) is 3.41. The lowest BCUT2D eigenvalue weighted by Gasteiger charge is -2.30. The number of benzene rings is 2. The van der Waals surface area contributed by atoms with Crippen LogP contribution in [0, 0.1) is 11.7 Å². The van der Waals surface area contributed by atoms with Gasteiger partial charge in [0, 0.05) is 31.1 Å². The molecule has 0 unspecified atom stereocenters. The van der Waals surface area contributed by atoms with Crippen LogP contribution in [-0.2, 0) is 21.9 Å². The Bertz CT molecular complexity index is 1200. The summed E-state index contributed by atoms with van der Waals surface area (Å²) in [6.45, 7) is 0.436. The van der Waals surface area contributed by atoms with Gasteiger partial charge in [0.2, 0.25) is 21.9 Å². The third-order valence-electron chi connectivity index (χ3n) is 5.35. The van der Waals surface area contributed by atoms with Gasteiger partial charge in [0.25, 0.3) is 0 Å². The van der Waals surface area contributed by atoms with E-state index < -0.39 is 15.8 Å². The minimum Gasteiger partial charge on any atom is -0.313 e. The number of piperidine rings is 1. The Labute approximate surface area is 178 Å². The molecule has 1 fully saturated rings. The fourth-order valence-electron chi connectivity index (χ4n) is 3.61. The molecule has 30 heavy (non-hydrogen) atoms. The van der Waals surface area contributed by atoms with Gasteiger partial charge < -0.3 is 4.57 Å². The third kappa shape index (κ3) is 3.92. The molecular weight excluding hydrogens is 431 g/mol. The summed E-state index contributed by atoms with van der Waals surface area (Å²) < 4.78 is 41.6. The number of halogens is 2. The summed E-state index contributed by atoms with van der Waals surface area (Å²) in [4.78, 5) is 17.2. The van der Waals surface area contributed by atoms with Crippen molar-refractivity contribution in [1.29, 1.82) is 0 Å². The number of sulfonamides is 1. The number of hydrogen-bond acceptors (Lipinski definition) is 4. The number of hydrogen-bond donors (Lipinski definition) is 1. The molecule has 7 nitrogen and oxygen atoms in total. The third-order valence-corrected chi connectivity index (χ3v) is 7.50. The van der Waals surface area contributed by atoms with Crippen molar-refractivity contribution in [2.75, 3.05) is 18.4 Å². The fourth-order valence-corrected chi connectivity index (χ4v) is 5.25. The summed E-state index contributed by atoms with van der Waals surface area (Å²) in [7, 11) is -1.91. The van der Waals surface area contributed by atoms with E-state index in [1.165, 1.54) is 16.4 Å². The number of carbonyl (C=O) groups is 1. The zero-order valence-electron chi connectivity index (χ0n) is 16.2. The van der Waals surface area contributed by atoms with Crippen molar-refractivity contribution in [2.45, 2.75) is 17.7 Å². The van der Waals surface area contributed by atoms with Crippen LogP contribution in [-0.4, -0.2) is 41.3 Å². The zero-order valence-corrected chi connectivity index (χ0v) is 17.8. The van der Waals surface area contributed by atoms with Gasteiger partial charge in [-0.3, -0.25) is 10.1 Å². The number of imidazole rings is 1. The van der Waals surface area contributed by atoms with Crippen molar-refractivity contribution >= 4 is 44.5 Å². The molecule has 1 aliphatic rings. The number of fused-ring (bicyclic) bond motifs is 1. The molecule has 1 amide bonds. The molecule has 0 saturated carbocycles. The number of anilines is 1. The number of carbonyl (C=O) groups excluding carboxylic acids is 1. The molecule has 1 saturated heterocycles. The second kappa shape index (κ2) is 7.98. The topological polar surface area (TPSA) is 84.3 Å². The Balaban J connectivity index is 1.42. The van der Waals surface area contributed by atoms with Crippen molar-refractivity contribution in [1.82, 2.24) is 13.9 Å². The highest BCUT2D eigenvalue weighted by atomic mass is 35.5. The Morgan fingerprint density at radius 3 is 2.50 bits per heavy atom. The quantitative estimate of drug-likeness (QED) is 0.660. The summed E-state index contributed by atoms with van der Waals surface area (Å²) in [6.07, 6.45) is 0.782. The predicted molar refractivity (Wildman–Crippen MR) is 112 cm³/mol. The van der Waals surface area contributed by atoms with Gasteiger partial charge in [-0.25, -0.2) is 17.8 Å². The van der Waals surface area contributed by atoms with Gasteiger partial charge in [-0.15, -0.1) is 0 Å². The summed E-state index contributed by atoms with van der Waals surface area (Å²) >= 11 is 6.00. The van der Waals surface area contributed by atoms with Crippen LogP contribution in [0.3, 0.4) is 0 Å². The van der Waals surface area contributed by atoms with Gasteiger partial charge in [-0.1, -0.05) is 11.6 Å². The number of nitrogens with one attached hydrogen (secondary N) is 1. The first-order chi connectivity index (χ1) is 14.3. The molecule has 2 heterocycles. The van der Waals surface area contributed by atoms with E-state index in [2.05, 4.69) is 10.3 Å². The van der Waals surface area contributed by atoms with E-state index in [9.17, 15) is 17.6 Å². The Morgan fingerprint density at radius 2 is 1.83 bits per heavy atom. The van der Waals surface area contributed by atoms with Crippen LogP contribution in [0.1, 0.15) is 12.8 Å². The molecule has 1 aromatic heterocycles. The summed E-state index contributed by atoms with van der Waals surface area (Å²) in [5.74, 6) is -0.599. The van der Waals surface area contributed by atoms with E-state index in [4.69, 9.17) is 11.6 Å². The lowest BCUT2D eigenvalue weighted by atomic mass is 9.97. The smallest absolute Gasteiger partial charge is 0.243 e. The van der Waals surface area contributed by atoms with E-state index in [0.717, 1.165) is 17.6 Å². The second-order valence-corrected chi connectivity index (χ2v) is 9.62. The molecule has 0 aliphatic carbocycles. The van der Waals surface area contributed by atoms with Gasteiger partial charge in [-0.05, 0) is 55.3 Å². The molecule has 1 N–H and O–H groups in total. The number of aryl methyl sites for hydroxylation is 1. The van der Waals surface area contributed by atoms with Crippen molar-refractivity contribution in [2.24, 2.45) is 13.0 Å². The van der Waals surface area contributed by atoms with Crippen LogP contribution in [0.2, 0.25) is 5.02 Å². The van der Waals surface area contributed by atoms with E-state index in [0.29, 0.717) is 29.3 Å². The van der Waals surface area contributed by atoms with E-state index in [1.807, 2.05) is 6.07 Å². The molecule has 1 aliphatic heterocycles. The van der Waals surface area contributed by atoms with E-state index in [1.54, 1.807) is 23.7 Å². The van der Waals surface area contributed by atoms with Gasteiger partial charge in [0.05, 0.1) is 15.9 Å². The number of nitrogens with zero attached hydrogens (tertiary/aromatic N) is 3. The summed E-state index contributed by atoms with van der Waals surface area (Å²) in [6, 6.07) is 10.1. The van der Waals surface area contributed by atoms with Crippen LogP contribution in [0.5, 0.6) is 0 Å². The van der Waals surface area contributed by atoms with Gasteiger partial charge in [0.15, 0.2) is 0 Å². The largest absolute Gasteiger partial charge is 0.313 e. The van der Waals surface area contributed by atoms with Gasteiger partial charge >= 0.3 is 0 Å². The van der Waals surface area contributed by atoms with Crippen molar-refractivity contribution < 1.29 is 17.6 Å². The molecule has 0 spiro atoms. The number of rotatable bonds is 4. The zero-order chi connectivity index (χ0) is 21.5. The van der Waals surface area contributed by atoms with E-state index >= 15 is 0 Å². The Kier molecular flexibility index (Phi) is 5.52.